The normalized spacial score (nSPS) is 14.4. The molecule has 2 rings (SSSR count). The van der Waals surface area contributed by atoms with Crippen molar-refractivity contribution < 1.29 is 4.79 Å². The third kappa shape index (κ3) is 4.50. The Morgan fingerprint density at radius 1 is 1.20 bits per heavy atom. The summed E-state index contributed by atoms with van der Waals surface area (Å²) in [6.07, 6.45) is 3.71. The standard InChI is InChI=1S/C21H25ClN2O/c1-4-15-21(16(3)5-2,18-11-13-19(22)14-12-18)24-23-20(25)17-9-7-6-8-10-17/h5-14,16,24H,2,4,15H2,1,3H3,(H,23,25)/t16-,21+/m0/s1. The number of carbonyl (C=O) groups is 1. The van der Waals surface area contributed by atoms with Crippen molar-refractivity contribution in [3.05, 3.63) is 83.4 Å². The third-order valence-corrected chi connectivity index (χ3v) is 4.82. The molecule has 0 spiro atoms. The molecule has 2 aromatic rings. The van der Waals surface area contributed by atoms with Crippen LogP contribution < -0.4 is 10.9 Å². The summed E-state index contributed by atoms with van der Waals surface area (Å²) in [5, 5.41) is 0.689. The van der Waals surface area contributed by atoms with E-state index in [-0.39, 0.29) is 11.8 Å². The predicted octanol–water partition coefficient (Wildman–Crippen LogP) is 5.09. The first-order valence-corrected chi connectivity index (χ1v) is 8.92. The van der Waals surface area contributed by atoms with Crippen LogP contribution in [0.2, 0.25) is 5.02 Å². The van der Waals surface area contributed by atoms with Gasteiger partial charge in [0.25, 0.3) is 5.91 Å². The molecule has 4 heteroatoms. The van der Waals surface area contributed by atoms with Gasteiger partial charge in [-0.15, -0.1) is 6.58 Å². The highest BCUT2D eigenvalue weighted by atomic mass is 35.5. The number of carbonyl (C=O) groups excluding carboxylic acids is 1. The number of halogens is 1. The monoisotopic (exact) mass is 356 g/mol. The van der Waals surface area contributed by atoms with E-state index in [1.165, 1.54) is 0 Å². The molecule has 132 valence electrons. The Balaban J connectivity index is 2.31. The van der Waals surface area contributed by atoms with Gasteiger partial charge in [-0.2, -0.15) is 0 Å². The minimum Gasteiger partial charge on any atom is -0.287 e. The van der Waals surface area contributed by atoms with Crippen molar-refractivity contribution in [2.45, 2.75) is 32.2 Å². The van der Waals surface area contributed by atoms with E-state index in [1.54, 1.807) is 12.1 Å². The van der Waals surface area contributed by atoms with E-state index in [9.17, 15) is 4.79 Å². The average Bonchev–Trinajstić information content (AvgIpc) is 2.65. The summed E-state index contributed by atoms with van der Waals surface area (Å²) in [6, 6.07) is 16.9. The average molecular weight is 357 g/mol. The molecule has 0 saturated heterocycles. The Morgan fingerprint density at radius 2 is 1.84 bits per heavy atom. The van der Waals surface area contributed by atoms with Crippen LogP contribution in [0.3, 0.4) is 0 Å². The second-order valence-electron chi connectivity index (χ2n) is 6.20. The maximum atomic E-state index is 12.5. The van der Waals surface area contributed by atoms with Gasteiger partial charge < -0.3 is 0 Å². The lowest BCUT2D eigenvalue weighted by Gasteiger charge is -2.39. The molecule has 0 aliphatic rings. The maximum absolute atomic E-state index is 12.5. The third-order valence-electron chi connectivity index (χ3n) is 4.57. The van der Waals surface area contributed by atoms with Gasteiger partial charge in [0.05, 0.1) is 5.54 Å². The maximum Gasteiger partial charge on any atom is 0.265 e. The van der Waals surface area contributed by atoms with Crippen LogP contribution in [0.5, 0.6) is 0 Å². The molecule has 2 aromatic carbocycles. The van der Waals surface area contributed by atoms with E-state index in [2.05, 4.69) is 31.3 Å². The van der Waals surface area contributed by atoms with Crippen LogP contribution in [0.15, 0.2) is 67.3 Å². The van der Waals surface area contributed by atoms with Crippen LogP contribution in [0.1, 0.15) is 42.6 Å². The van der Waals surface area contributed by atoms with Gasteiger partial charge in [0.1, 0.15) is 0 Å². The molecule has 2 atom stereocenters. The van der Waals surface area contributed by atoms with Crippen molar-refractivity contribution in [3.63, 3.8) is 0 Å². The summed E-state index contributed by atoms with van der Waals surface area (Å²) >= 11 is 6.05. The summed E-state index contributed by atoms with van der Waals surface area (Å²) < 4.78 is 0. The molecule has 25 heavy (non-hydrogen) atoms. The van der Waals surface area contributed by atoms with Gasteiger partial charge in [0, 0.05) is 10.6 Å². The van der Waals surface area contributed by atoms with Crippen molar-refractivity contribution in [3.8, 4) is 0 Å². The Hall–Kier alpha value is -2.10. The number of amides is 1. The SMILES string of the molecule is C=C[C@H](C)[C@@](CCC)(NNC(=O)c1ccccc1)c1ccc(Cl)cc1. The van der Waals surface area contributed by atoms with Crippen LogP contribution in [-0.2, 0) is 5.54 Å². The van der Waals surface area contributed by atoms with Gasteiger partial charge in [-0.1, -0.05) is 68.3 Å². The molecule has 0 saturated carbocycles. The predicted molar refractivity (Wildman–Crippen MR) is 104 cm³/mol. The molecule has 1 amide bonds. The number of rotatable bonds is 8. The lowest BCUT2D eigenvalue weighted by Crippen LogP contribution is -2.55. The van der Waals surface area contributed by atoms with E-state index in [1.807, 2.05) is 48.5 Å². The van der Waals surface area contributed by atoms with Crippen LogP contribution in [0.25, 0.3) is 0 Å². The number of hydrogen-bond acceptors (Lipinski definition) is 2. The Labute approximate surface area is 155 Å². The van der Waals surface area contributed by atoms with Gasteiger partial charge in [0.15, 0.2) is 0 Å². The molecular weight excluding hydrogens is 332 g/mol. The Bertz CT molecular complexity index is 700. The molecule has 2 N–H and O–H groups in total. The van der Waals surface area contributed by atoms with Crippen LogP contribution in [-0.4, -0.2) is 5.91 Å². The zero-order valence-corrected chi connectivity index (χ0v) is 15.5. The van der Waals surface area contributed by atoms with Crippen LogP contribution in [0.4, 0.5) is 0 Å². The van der Waals surface area contributed by atoms with E-state index < -0.39 is 5.54 Å². The van der Waals surface area contributed by atoms with Crippen molar-refractivity contribution in [1.82, 2.24) is 10.9 Å². The summed E-state index contributed by atoms with van der Waals surface area (Å²) in [6.45, 7) is 8.18. The molecule has 0 radical (unpaired) electrons. The van der Waals surface area contributed by atoms with E-state index >= 15 is 0 Å². The summed E-state index contributed by atoms with van der Waals surface area (Å²) in [5.41, 5.74) is 7.42. The first-order valence-electron chi connectivity index (χ1n) is 8.54. The highest BCUT2D eigenvalue weighted by molar-refractivity contribution is 6.30. The van der Waals surface area contributed by atoms with Gasteiger partial charge in [-0.05, 0) is 42.2 Å². The topological polar surface area (TPSA) is 41.1 Å². The highest BCUT2D eigenvalue weighted by Gasteiger charge is 2.36. The van der Waals surface area contributed by atoms with Gasteiger partial charge >= 0.3 is 0 Å². The van der Waals surface area contributed by atoms with E-state index in [4.69, 9.17) is 11.6 Å². The van der Waals surface area contributed by atoms with E-state index in [0.717, 1.165) is 18.4 Å². The molecule has 0 bridgehead atoms. The summed E-state index contributed by atoms with van der Waals surface area (Å²) in [4.78, 5) is 12.5. The second-order valence-corrected chi connectivity index (χ2v) is 6.63. The number of hydrogen-bond donors (Lipinski definition) is 2. The molecule has 0 aromatic heterocycles. The molecule has 0 heterocycles. The minimum absolute atomic E-state index is 0.102. The summed E-state index contributed by atoms with van der Waals surface area (Å²) in [5.74, 6) is -0.0593. The Kier molecular flexibility index (Phi) is 6.80. The van der Waals surface area contributed by atoms with Gasteiger partial charge in [-0.3, -0.25) is 10.2 Å². The number of hydrazine groups is 1. The first-order chi connectivity index (χ1) is 12.0. The highest BCUT2D eigenvalue weighted by Crippen LogP contribution is 2.35. The fraction of sp³-hybridized carbons (Fsp3) is 0.286. The molecule has 0 unspecified atom stereocenters. The van der Waals surface area contributed by atoms with Crippen molar-refractivity contribution in [1.29, 1.82) is 0 Å². The largest absolute Gasteiger partial charge is 0.287 e. The minimum atomic E-state index is -0.453. The second kappa shape index (κ2) is 8.84. The fourth-order valence-electron chi connectivity index (χ4n) is 3.06. The lowest BCUT2D eigenvalue weighted by molar-refractivity contribution is 0.0879. The van der Waals surface area contributed by atoms with Crippen molar-refractivity contribution >= 4 is 17.5 Å². The molecular formula is C21H25ClN2O. The molecule has 0 aliphatic carbocycles. The lowest BCUT2D eigenvalue weighted by atomic mass is 9.76. The quantitative estimate of drug-likeness (QED) is 0.510. The van der Waals surface area contributed by atoms with Crippen molar-refractivity contribution in [2.24, 2.45) is 5.92 Å². The fourth-order valence-corrected chi connectivity index (χ4v) is 3.18. The molecule has 0 fully saturated rings. The zero-order valence-electron chi connectivity index (χ0n) is 14.8. The smallest absolute Gasteiger partial charge is 0.265 e. The molecule has 0 aliphatic heterocycles. The van der Waals surface area contributed by atoms with Gasteiger partial charge in [-0.25, -0.2) is 5.43 Å². The van der Waals surface area contributed by atoms with Crippen LogP contribution >= 0.6 is 11.6 Å². The van der Waals surface area contributed by atoms with Gasteiger partial charge in [0.2, 0.25) is 0 Å². The van der Waals surface area contributed by atoms with Crippen molar-refractivity contribution in [2.75, 3.05) is 0 Å². The number of benzene rings is 2. The van der Waals surface area contributed by atoms with Crippen LogP contribution in [0, 0.1) is 5.92 Å². The molecule has 3 nitrogen and oxygen atoms in total. The number of nitrogens with one attached hydrogen (secondary N) is 2. The van der Waals surface area contributed by atoms with E-state index in [0.29, 0.717) is 10.6 Å². The first kappa shape index (κ1) is 19.2. The zero-order chi connectivity index (χ0) is 18.3. The summed E-state index contributed by atoms with van der Waals surface area (Å²) in [7, 11) is 0. The Morgan fingerprint density at radius 3 is 2.40 bits per heavy atom.